The highest BCUT2D eigenvalue weighted by molar-refractivity contribution is 5.97. The van der Waals surface area contributed by atoms with Gasteiger partial charge in [-0.2, -0.15) is 0 Å². The van der Waals surface area contributed by atoms with Crippen LogP contribution in [-0.4, -0.2) is 23.0 Å². The molecule has 0 saturated carbocycles. The number of nitrogens with one attached hydrogen (secondary N) is 1. The first-order chi connectivity index (χ1) is 13.4. The topological polar surface area (TPSA) is 66.4 Å². The quantitative estimate of drug-likeness (QED) is 0.673. The fraction of sp³-hybridized carbons (Fsp3) is 0.167. The van der Waals surface area contributed by atoms with Gasteiger partial charge in [-0.25, -0.2) is 4.79 Å². The number of aliphatic carboxylic acids is 1. The summed E-state index contributed by atoms with van der Waals surface area (Å²) in [5.74, 6) is -1.43. The molecular weight excluding hydrogens is 350 g/mol. The van der Waals surface area contributed by atoms with Crippen molar-refractivity contribution in [2.45, 2.75) is 26.3 Å². The number of amides is 1. The zero-order valence-electron chi connectivity index (χ0n) is 16.0. The zero-order valence-corrected chi connectivity index (χ0v) is 16.0. The molecule has 0 fully saturated rings. The van der Waals surface area contributed by atoms with Crippen LogP contribution in [-0.2, 0) is 11.2 Å². The van der Waals surface area contributed by atoms with E-state index < -0.39 is 12.0 Å². The molecule has 0 radical (unpaired) electrons. The number of carbonyl (C=O) groups is 2. The van der Waals surface area contributed by atoms with Crippen LogP contribution >= 0.6 is 0 Å². The molecule has 0 saturated heterocycles. The minimum Gasteiger partial charge on any atom is -0.480 e. The maximum Gasteiger partial charge on any atom is 0.326 e. The van der Waals surface area contributed by atoms with Crippen molar-refractivity contribution in [3.63, 3.8) is 0 Å². The molecule has 0 aliphatic heterocycles. The fourth-order valence-electron chi connectivity index (χ4n) is 3.25. The third kappa shape index (κ3) is 4.86. The highest BCUT2D eigenvalue weighted by atomic mass is 16.4. The van der Waals surface area contributed by atoms with Crippen molar-refractivity contribution in [2.24, 2.45) is 0 Å². The van der Waals surface area contributed by atoms with Gasteiger partial charge in [0, 0.05) is 12.0 Å². The Hall–Kier alpha value is -3.40. The molecule has 3 rings (SSSR count). The van der Waals surface area contributed by atoms with Crippen molar-refractivity contribution >= 4 is 11.9 Å². The molecule has 0 bridgehead atoms. The van der Waals surface area contributed by atoms with E-state index in [1.165, 1.54) is 0 Å². The average Bonchev–Trinajstić information content (AvgIpc) is 2.68. The molecule has 0 aromatic heterocycles. The normalized spacial score (nSPS) is 11.6. The second-order valence-corrected chi connectivity index (χ2v) is 7.01. The van der Waals surface area contributed by atoms with Crippen molar-refractivity contribution in [3.8, 4) is 11.1 Å². The van der Waals surface area contributed by atoms with E-state index in [9.17, 15) is 14.7 Å². The van der Waals surface area contributed by atoms with Gasteiger partial charge >= 0.3 is 5.97 Å². The molecule has 2 N–H and O–H groups in total. The Balaban J connectivity index is 1.72. The first-order valence-electron chi connectivity index (χ1n) is 9.19. The van der Waals surface area contributed by atoms with Crippen molar-refractivity contribution in [1.82, 2.24) is 5.32 Å². The van der Waals surface area contributed by atoms with E-state index in [-0.39, 0.29) is 12.3 Å². The summed E-state index contributed by atoms with van der Waals surface area (Å²) in [5.41, 5.74) is 5.43. The third-order valence-corrected chi connectivity index (χ3v) is 4.59. The van der Waals surface area contributed by atoms with Gasteiger partial charge in [0.05, 0.1) is 0 Å². The smallest absolute Gasteiger partial charge is 0.326 e. The minimum atomic E-state index is -1.05. The number of benzene rings is 3. The molecule has 4 heteroatoms. The molecule has 0 spiro atoms. The Morgan fingerprint density at radius 2 is 1.43 bits per heavy atom. The highest BCUT2D eigenvalue weighted by Gasteiger charge is 2.21. The molecular formula is C24H23NO3. The van der Waals surface area contributed by atoms with Gasteiger partial charge in [-0.05, 0) is 42.7 Å². The Bertz CT molecular complexity index is 958. The molecule has 3 aromatic rings. The molecule has 1 amide bonds. The zero-order chi connectivity index (χ0) is 20.1. The summed E-state index contributed by atoms with van der Waals surface area (Å²) in [7, 11) is 0. The van der Waals surface area contributed by atoms with Crippen LogP contribution in [0.1, 0.15) is 27.0 Å². The van der Waals surface area contributed by atoms with E-state index in [0.29, 0.717) is 5.56 Å². The maximum absolute atomic E-state index is 12.5. The standard InChI is InChI=1S/C24H23NO3/c1-16-12-17(2)14-21(13-16)23(26)25-22(24(27)28)15-18-8-10-20(11-9-18)19-6-4-3-5-7-19/h3-14,22H,15H2,1-2H3,(H,25,26)(H,27,28)/t22-/m1/s1. The van der Waals surface area contributed by atoms with Gasteiger partial charge < -0.3 is 10.4 Å². The van der Waals surface area contributed by atoms with E-state index in [1.807, 2.05) is 74.5 Å². The molecule has 1 atom stereocenters. The highest BCUT2D eigenvalue weighted by Crippen LogP contribution is 2.20. The average molecular weight is 373 g/mol. The Morgan fingerprint density at radius 1 is 0.857 bits per heavy atom. The van der Waals surface area contributed by atoms with Crippen molar-refractivity contribution in [3.05, 3.63) is 95.1 Å². The molecule has 4 nitrogen and oxygen atoms in total. The van der Waals surface area contributed by atoms with E-state index in [2.05, 4.69) is 5.32 Å². The lowest BCUT2D eigenvalue weighted by molar-refractivity contribution is -0.139. The van der Waals surface area contributed by atoms with Crippen LogP contribution < -0.4 is 5.32 Å². The lowest BCUT2D eigenvalue weighted by Gasteiger charge is -2.15. The second-order valence-electron chi connectivity index (χ2n) is 7.01. The van der Waals surface area contributed by atoms with Gasteiger partial charge in [-0.15, -0.1) is 0 Å². The summed E-state index contributed by atoms with van der Waals surface area (Å²) in [4.78, 5) is 24.2. The number of hydrogen-bond acceptors (Lipinski definition) is 2. The van der Waals surface area contributed by atoms with Crippen molar-refractivity contribution < 1.29 is 14.7 Å². The molecule has 3 aromatic carbocycles. The number of aryl methyl sites for hydroxylation is 2. The number of carboxylic acid groups (broad SMARTS) is 1. The van der Waals surface area contributed by atoms with E-state index in [4.69, 9.17) is 0 Å². The van der Waals surface area contributed by atoms with E-state index >= 15 is 0 Å². The van der Waals surface area contributed by atoms with Crippen LogP contribution in [0.2, 0.25) is 0 Å². The van der Waals surface area contributed by atoms with E-state index in [0.717, 1.165) is 27.8 Å². The van der Waals surface area contributed by atoms with Gasteiger partial charge in [0.2, 0.25) is 0 Å². The predicted molar refractivity (Wildman–Crippen MR) is 110 cm³/mol. The third-order valence-electron chi connectivity index (χ3n) is 4.59. The maximum atomic E-state index is 12.5. The molecule has 28 heavy (non-hydrogen) atoms. The summed E-state index contributed by atoms with van der Waals surface area (Å²) < 4.78 is 0. The van der Waals surface area contributed by atoms with Gasteiger partial charge in [0.1, 0.15) is 6.04 Å². The number of carbonyl (C=O) groups excluding carboxylic acids is 1. The minimum absolute atomic E-state index is 0.223. The van der Waals surface area contributed by atoms with E-state index in [1.54, 1.807) is 12.1 Å². The Morgan fingerprint density at radius 3 is 2.00 bits per heavy atom. The van der Waals surface area contributed by atoms with Gasteiger partial charge in [-0.1, -0.05) is 71.8 Å². The summed E-state index contributed by atoms with van der Waals surface area (Å²) >= 11 is 0. The van der Waals surface area contributed by atoms with Crippen LogP contribution in [0.4, 0.5) is 0 Å². The lowest BCUT2D eigenvalue weighted by Crippen LogP contribution is -2.42. The summed E-state index contributed by atoms with van der Waals surface area (Å²) in [5, 5.41) is 12.2. The number of carboxylic acids is 1. The van der Waals surface area contributed by atoms with Crippen molar-refractivity contribution in [2.75, 3.05) is 0 Å². The van der Waals surface area contributed by atoms with Gasteiger partial charge in [0.25, 0.3) is 5.91 Å². The molecule has 0 heterocycles. The predicted octanol–water partition coefficient (Wildman–Crippen LogP) is 4.40. The molecule has 142 valence electrons. The summed E-state index contributed by atoms with van der Waals surface area (Å²) in [6.07, 6.45) is 0.223. The van der Waals surface area contributed by atoms with Gasteiger partial charge in [0.15, 0.2) is 0 Å². The van der Waals surface area contributed by atoms with Crippen LogP contribution in [0.5, 0.6) is 0 Å². The first kappa shape index (κ1) is 19.4. The van der Waals surface area contributed by atoms with Gasteiger partial charge in [-0.3, -0.25) is 4.79 Å². The SMILES string of the molecule is Cc1cc(C)cc(C(=O)N[C@H](Cc2ccc(-c3ccccc3)cc2)C(=O)O)c1. The van der Waals surface area contributed by atoms with Crippen molar-refractivity contribution in [1.29, 1.82) is 0 Å². The molecule has 0 aliphatic carbocycles. The Kier molecular flexibility index (Phi) is 5.90. The lowest BCUT2D eigenvalue weighted by atomic mass is 10.0. The largest absolute Gasteiger partial charge is 0.480 e. The number of rotatable bonds is 6. The Labute approximate surface area is 164 Å². The number of hydrogen-bond donors (Lipinski definition) is 2. The summed E-state index contributed by atoms with van der Waals surface area (Å²) in [6.45, 7) is 3.82. The second kappa shape index (κ2) is 8.53. The summed E-state index contributed by atoms with van der Waals surface area (Å²) in [6, 6.07) is 22.2. The van der Waals surface area contributed by atoms with Crippen LogP contribution in [0.25, 0.3) is 11.1 Å². The molecule has 0 unspecified atom stereocenters. The first-order valence-corrected chi connectivity index (χ1v) is 9.19. The van der Waals surface area contributed by atoms with Crippen LogP contribution in [0.15, 0.2) is 72.8 Å². The van der Waals surface area contributed by atoms with Crippen LogP contribution in [0.3, 0.4) is 0 Å². The fourth-order valence-corrected chi connectivity index (χ4v) is 3.25. The van der Waals surface area contributed by atoms with Crippen LogP contribution in [0, 0.1) is 13.8 Å². The molecule has 0 aliphatic rings. The monoisotopic (exact) mass is 373 g/mol.